The van der Waals surface area contributed by atoms with Crippen LogP contribution < -0.4 is 16.0 Å². The number of nitrogens with one attached hydrogen (secondary N) is 3. The van der Waals surface area contributed by atoms with Crippen LogP contribution in [0.3, 0.4) is 0 Å². The number of rotatable bonds is 8. The summed E-state index contributed by atoms with van der Waals surface area (Å²) >= 11 is 0. The molecule has 0 spiro atoms. The molecule has 9 aromatic carbocycles. The van der Waals surface area contributed by atoms with Gasteiger partial charge in [-0.3, -0.25) is 5.32 Å². The monoisotopic (exact) mass is 798 g/mol. The van der Waals surface area contributed by atoms with Crippen LogP contribution in [0, 0.1) is 0 Å². The molecule has 2 aliphatic rings. The third kappa shape index (κ3) is 7.12. The second-order valence-electron chi connectivity index (χ2n) is 15.7. The summed E-state index contributed by atoms with van der Waals surface area (Å²) in [6, 6.07) is 76.8. The molecule has 0 amide bonds. The summed E-state index contributed by atoms with van der Waals surface area (Å²) in [5.41, 5.74) is 11.0. The van der Waals surface area contributed by atoms with Crippen molar-refractivity contribution in [3.63, 3.8) is 0 Å². The van der Waals surface area contributed by atoms with Crippen molar-refractivity contribution in [2.75, 3.05) is 0 Å². The normalized spacial score (nSPS) is 17.4. The lowest BCUT2D eigenvalue weighted by Gasteiger charge is -2.32. The summed E-state index contributed by atoms with van der Waals surface area (Å²) in [5.74, 6) is 2.37. The van der Waals surface area contributed by atoms with E-state index in [0.717, 1.165) is 56.2 Å². The fraction of sp³-hybridized carbons (Fsp3) is 0.0536. The molecule has 296 valence electrons. The molecule has 0 aliphatic carbocycles. The SMILES string of the molecule is c1ccc(C2=NC(c3ccc(-c4c(-c5ccc(C6NC(c7ccccc7)=NC(c7ccccc7)N6)cc5)c5ccccc5c5ccccc45)cc3)=NC(c3ccccc3)N2)cc1. The van der Waals surface area contributed by atoms with Gasteiger partial charge in [-0.25, -0.2) is 15.0 Å². The lowest BCUT2D eigenvalue weighted by molar-refractivity contribution is 0.409. The van der Waals surface area contributed by atoms with Crippen molar-refractivity contribution >= 4 is 39.1 Å². The molecule has 3 N–H and O–H groups in total. The Morgan fingerprint density at radius 1 is 0.306 bits per heavy atom. The molecule has 2 aliphatic heterocycles. The molecule has 2 heterocycles. The van der Waals surface area contributed by atoms with Gasteiger partial charge in [0.25, 0.3) is 0 Å². The van der Waals surface area contributed by atoms with Crippen LogP contribution >= 0.6 is 0 Å². The summed E-state index contributed by atoms with van der Waals surface area (Å²) in [6.07, 6.45) is -0.628. The zero-order valence-corrected chi connectivity index (χ0v) is 33.9. The van der Waals surface area contributed by atoms with Crippen LogP contribution in [-0.2, 0) is 0 Å². The molecule has 3 unspecified atom stereocenters. The van der Waals surface area contributed by atoms with E-state index in [4.69, 9.17) is 15.0 Å². The van der Waals surface area contributed by atoms with Crippen LogP contribution in [0.2, 0.25) is 0 Å². The van der Waals surface area contributed by atoms with Gasteiger partial charge >= 0.3 is 0 Å². The minimum absolute atomic E-state index is 0.160. The Morgan fingerprint density at radius 3 is 1.29 bits per heavy atom. The average molecular weight is 799 g/mol. The Balaban J connectivity index is 0.998. The van der Waals surface area contributed by atoms with Crippen LogP contribution in [0.4, 0.5) is 0 Å². The summed E-state index contributed by atoms with van der Waals surface area (Å²) in [5, 5.41) is 15.9. The minimum Gasteiger partial charge on any atom is -0.350 e. The molecule has 6 nitrogen and oxygen atoms in total. The predicted octanol–water partition coefficient (Wildman–Crippen LogP) is 12.2. The van der Waals surface area contributed by atoms with Crippen molar-refractivity contribution in [2.45, 2.75) is 18.5 Å². The van der Waals surface area contributed by atoms with Crippen LogP contribution in [0.25, 0.3) is 43.8 Å². The van der Waals surface area contributed by atoms with Gasteiger partial charge in [-0.15, -0.1) is 0 Å². The Kier molecular flexibility index (Phi) is 9.73. The van der Waals surface area contributed by atoms with Gasteiger partial charge < -0.3 is 10.6 Å². The van der Waals surface area contributed by atoms with E-state index in [1.54, 1.807) is 0 Å². The summed E-state index contributed by atoms with van der Waals surface area (Å²) in [6.45, 7) is 0. The lowest BCUT2D eigenvalue weighted by atomic mass is 9.84. The zero-order chi connectivity index (χ0) is 41.2. The molecular formula is C56H42N6. The molecule has 0 aromatic heterocycles. The Bertz CT molecular complexity index is 3130. The predicted molar refractivity (Wildman–Crippen MR) is 255 cm³/mol. The van der Waals surface area contributed by atoms with Gasteiger partial charge in [0.15, 0.2) is 5.84 Å². The van der Waals surface area contributed by atoms with Gasteiger partial charge in [-0.05, 0) is 60.5 Å². The Morgan fingerprint density at radius 2 is 0.742 bits per heavy atom. The number of fused-ring (bicyclic) bond motifs is 3. The number of amidine groups is 3. The molecule has 0 bridgehead atoms. The number of aliphatic imine (C=N–C) groups is 3. The first-order valence-electron chi connectivity index (χ1n) is 21.1. The number of hydrogen-bond acceptors (Lipinski definition) is 6. The van der Waals surface area contributed by atoms with Crippen LogP contribution in [-0.4, -0.2) is 17.5 Å². The molecule has 6 heteroatoms. The molecule has 0 saturated heterocycles. The number of nitrogens with zero attached hydrogens (tertiary/aromatic N) is 3. The molecule has 62 heavy (non-hydrogen) atoms. The summed E-state index contributed by atoms with van der Waals surface area (Å²) in [4.78, 5) is 15.4. The maximum Gasteiger partial charge on any atom is 0.159 e. The number of hydrogen-bond donors (Lipinski definition) is 3. The van der Waals surface area contributed by atoms with Gasteiger partial charge in [0, 0.05) is 16.7 Å². The number of benzene rings is 9. The van der Waals surface area contributed by atoms with E-state index in [0.29, 0.717) is 5.84 Å². The van der Waals surface area contributed by atoms with E-state index in [-0.39, 0.29) is 18.5 Å². The largest absolute Gasteiger partial charge is 0.350 e. The van der Waals surface area contributed by atoms with Gasteiger partial charge in [0.05, 0.1) is 0 Å². The Labute approximate surface area is 361 Å². The summed E-state index contributed by atoms with van der Waals surface area (Å²) in [7, 11) is 0. The third-order valence-corrected chi connectivity index (χ3v) is 11.8. The van der Waals surface area contributed by atoms with Crippen molar-refractivity contribution in [3.05, 3.63) is 252 Å². The average Bonchev–Trinajstić information content (AvgIpc) is 3.37. The first kappa shape index (κ1) is 37.1. The second kappa shape index (κ2) is 16.3. The quantitative estimate of drug-likeness (QED) is 0.134. The molecular weight excluding hydrogens is 757 g/mol. The molecule has 9 aromatic rings. The van der Waals surface area contributed by atoms with Gasteiger partial charge in [-0.2, -0.15) is 0 Å². The minimum atomic E-state index is -0.266. The van der Waals surface area contributed by atoms with E-state index < -0.39 is 0 Å². The van der Waals surface area contributed by atoms with E-state index in [9.17, 15) is 0 Å². The highest BCUT2D eigenvalue weighted by atomic mass is 15.3. The first-order valence-corrected chi connectivity index (χ1v) is 21.1. The van der Waals surface area contributed by atoms with Crippen molar-refractivity contribution in [1.82, 2.24) is 16.0 Å². The third-order valence-electron chi connectivity index (χ3n) is 11.8. The van der Waals surface area contributed by atoms with E-state index in [1.165, 1.54) is 32.7 Å². The Hall–Kier alpha value is -7.93. The molecule has 0 saturated carbocycles. The van der Waals surface area contributed by atoms with Gasteiger partial charge in [-0.1, -0.05) is 218 Å². The maximum absolute atomic E-state index is 5.15. The molecule has 11 rings (SSSR count). The summed E-state index contributed by atoms with van der Waals surface area (Å²) < 4.78 is 0. The second-order valence-corrected chi connectivity index (χ2v) is 15.7. The van der Waals surface area contributed by atoms with Crippen molar-refractivity contribution in [2.24, 2.45) is 15.0 Å². The van der Waals surface area contributed by atoms with Crippen LogP contribution in [0.1, 0.15) is 51.9 Å². The first-order chi connectivity index (χ1) is 30.7. The lowest BCUT2D eigenvalue weighted by Crippen LogP contribution is -2.44. The van der Waals surface area contributed by atoms with Gasteiger partial charge in [0.2, 0.25) is 0 Å². The van der Waals surface area contributed by atoms with Crippen molar-refractivity contribution in [1.29, 1.82) is 0 Å². The van der Waals surface area contributed by atoms with E-state index in [2.05, 4.69) is 198 Å². The zero-order valence-electron chi connectivity index (χ0n) is 33.9. The smallest absolute Gasteiger partial charge is 0.159 e. The van der Waals surface area contributed by atoms with Crippen molar-refractivity contribution in [3.8, 4) is 22.3 Å². The molecule has 3 atom stereocenters. The highest BCUT2D eigenvalue weighted by molar-refractivity contribution is 6.22. The van der Waals surface area contributed by atoms with Crippen molar-refractivity contribution < 1.29 is 0 Å². The standard InChI is InChI=1S/C56H42N6/c1-5-17-39(18-6-1)51-57-52(40-19-7-2-8-20-40)60-55(59-51)43-33-29-37(30-34-43)49-47-27-15-13-25-45(47)46-26-14-16-28-48(46)50(49)38-31-35-44(36-32-38)56-61-53(41-21-9-3-10-22-41)58-54(62-56)42-23-11-4-12-24-42/h1-36,51,53,55,59H,(H,57,60)(H,58,61,62). The fourth-order valence-corrected chi connectivity index (χ4v) is 8.78. The van der Waals surface area contributed by atoms with E-state index in [1.807, 2.05) is 36.4 Å². The molecule has 0 radical (unpaired) electrons. The van der Waals surface area contributed by atoms with Crippen LogP contribution in [0.15, 0.2) is 233 Å². The highest BCUT2D eigenvalue weighted by Crippen LogP contribution is 2.45. The highest BCUT2D eigenvalue weighted by Gasteiger charge is 2.26. The van der Waals surface area contributed by atoms with Crippen LogP contribution in [0.5, 0.6) is 0 Å². The maximum atomic E-state index is 5.15. The fourth-order valence-electron chi connectivity index (χ4n) is 8.78. The van der Waals surface area contributed by atoms with Gasteiger partial charge in [0.1, 0.15) is 30.2 Å². The topological polar surface area (TPSA) is 73.2 Å². The van der Waals surface area contributed by atoms with E-state index >= 15 is 0 Å². The molecule has 0 fully saturated rings.